The second-order valence-corrected chi connectivity index (χ2v) is 9.00. The predicted molar refractivity (Wildman–Crippen MR) is 122 cm³/mol. The third-order valence-corrected chi connectivity index (χ3v) is 5.16. The first kappa shape index (κ1) is 27.5. The average molecular weight is 506 g/mol. The van der Waals surface area contributed by atoms with Crippen molar-refractivity contribution in [1.29, 1.82) is 0 Å². The van der Waals surface area contributed by atoms with Crippen LogP contribution in [-0.4, -0.2) is 30.2 Å². The third-order valence-electron chi connectivity index (χ3n) is 4.85. The number of rotatable bonds is 5. The number of benzene rings is 2. The highest BCUT2D eigenvalue weighted by Gasteiger charge is 2.34. The molecule has 0 aliphatic rings. The average Bonchev–Trinajstić information content (AvgIpc) is 2.73. The smallest absolute Gasteiger partial charge is 0.338 e. The second-order valence-electron chi connectivity index (χ2n) is 8.60. The Morgan fingerprint density at radius 3 is 2.15 bits per heavy atom. The molecule has 34 heavy (non-hydrogen) atoms. The minimum Gasteiger partial charge on any atom is -0.338 e. The minimum atomic E-state index is -4.58. The van der Waals surface area contributed by atoms with Gasteiger partial charge in [0, 0.05) is 11.6 Å². The molecule has 3 unspecified atom stereocenters. The van der Waals surface area contributed by atoms with Crippen molar-refractivity contribution in [3.8, 4) is 0 Å². The Bertz CT molecular complexity index is 1040. The van der Waals surface area contributed by atoms with Gasteiger partial charge in [-0.05, 0) is 47.9 Å². The summed E-state index contributed by atoms with van der Waals surface area (Å²) in [6.07, 6.45) is -7.79. The Morgan fingerprint density at radius 2 is 1.65 bits per heavy atom. The highest BCUT2D eigenvalue weighted by molar-refractivity contribution is 6.33. The van der Waals surface area contributed by atoms with E-state index in [9.17, 15) is 26.7 Å². The second kappa shape index (κ2) is 10.7. The quantitative estimate of drug-likeness (QED) is 0.204. The van der Waals surface area contributed by atoms with Crippen molar-refractivity contribution < 1.29 is 26.7 Å². The summed E-state index contributed by atoms with van der Waals surface area (Å²) in [5.41, 5.74) is 10.2. The summed E-state index contributed by atoms with van der Waals surface area (Å²) in [6, 6.07) is 5.68. The first-order valence-corrected chi connectivity index (χ1v) is 10.4. The van der Waals surface area contributed by atoms with Crippen LogP contribution < -0.4 is 22.1 Å². The highest BCUT2D eigenvalue weighted by Crippen LogP contribution is 2.29. The first-order chi connectivity index (χ1) is 15.6. The van der Waals surface area contributed by atoms with Gasteiger partial charge in [-0.1, -0.05) is 32.4 Å². The van der Waals surface area contributed by atoms with E-state index in [4.69, 9.17) is 23.1 Å². The summed E-state index contributed by atoms with van der Waals surface area (Å²) >= 11 is 5.99. The van der Waals surface area contributed by atoms with Crippen molar-refractivity contribution in [2.75, 3.05) is 5.32 Å². The molecule has 6 nitrogen and oxygen atoms in total. The molecule has 6 N–H and O–H groups in total. The van der Waals surface area contributed by atoms with Gasteiger partial charge in [-0.25, -0.2) is 8.78 Å². The van der Waals surface area contributed by atoms with Gasteiger partial charge in [0.2, 0.25) is 5.96 Å². The molecule has 0 saturated carbocycles. The maximum absolute atomic E-state index is 14.9. The molecule has 1 amide bonds. The molecule has 0 aliphatic carbocycles. The van der Waals surface area contributed by atoms with Crippen molar-refractivity contribution in [3.05, 3.63) is 64.4 Å². The predicted octanol–water partition coefficient (Wildman–Crippen LogP) is 4.69. The first-order valence-electron chi connectivity index (χ1n) is 10.0. The van der Waals surface area contributed by atoms with Gasteiger partial charge in [0.1, 0.15) is 18.2 Å². The third kappa shape index (κ3) is 7.37. The van der Waals surface area contributed by atoms with Crippen LogP contribution in [0.4, 0.5) is 27.6 Å². The normalized spacial score (nSPS) is 15.4. The van der Waals surface area contributed by atoms with Gasteiger partial charge >= 0.3 is 6.18 Å². The summed E-state index contributed by atoms with van der Waals surface area (Å²) in [7, 11) is 0. The molecule has 0 aromatic heterocycles. The van der Waals surface area contributed by atoms with Crippen LogP contribution in [0.5, 0.6) is 0 Å². The maximum atomic E-state index is 14.9. The Labute approximate surface area is 198 Å². The van der Waals surface area contributed by atoms with Crippen LogP contribution in [0, 0.1) is 11.2 Å². The lowest BCUT2D eigenvalue weighted by molar-refractivity contribution is -0.137. The largest absolute Gasteiger partial charge is 0.416 e. The Kier molecular flexibility index (Phi) is 8.62. The molecule has 2 aromatic rings. The zero-order chi connectivity index (χ0) is 25.8. The van der Waals surface area contributed by atoms with Gasteiger partial charge in [0.05, 0.1) is 16.3 Å². The summed E-state index contributed by atoms with van der Waals surface area (Å²) in [5.74, 6) is -1.95. The van der Waals surface area contributed by atoms with Gasteiger partial charge in [-0.2, -0.15) is 18.2 Å². The van der Waals surface area contributed by atoms with Crippen LogP contribution in [-0.2, 0) is 6.18 Å². The summed E-state index contributed by atoms with van der Waals surface area (Å²) in [6.45, 7) is 5.16. The molecule has 0 aliphatic heterocycles. The van der Waals surface area contributed by atoms with E-state index in [1.54, 1.807) is 20.8 Å². The number of aliphatic imine (C=N–C) groups is 1. The Morgan fingerprint density at radius 1 is 1.06 bits per heavy atom. The molecule has 0 bridgehead atoms. The maximum Gasteiger partial charge on any atom is 0.416 e. The van der Waals surface area contributed by atoms with Gasteiger partial charge in [0.15, 0.2) is 0 Å². The number of anilines is 1. The van der Waals surface area contributed by atoms with Crippen molar-refractivity contribution in [1.82, 2.24) is 5.32 Å². The van der Waals surface area contributed by atoms with E-state index in [0.717, 1.165) is 36.4 Å². The van der Waals surface area contributed by atoms with Crippen molar-refractivity contribution in [3.63, 3.8) is 0 Å². The van der Waals surface area contributed by atoms with Gasteiger partial charge in [-0.3, -0.25) is 4.79 Å². The summed E-state index contributed by atoms with van der Waals surface area (Å²) in [5, 5.41) is 5.06. The summed E-state index contributed by atoms with van der Waals surface area (Å²) in [4.78, 5) is 16.4. The number of nitrogens with zero attached hydrogens (tertiary/aromatic N) is 1. The topological polar surface area (TPSA) is 106 Å². The fourth-order valence-corrected chi connectivity index (χ4v) is 2.94. The number of carbonyl (C=O) groups excluding carboxylic acids is 1. The highest BCUT2D eigenvalue weighted by atomic mass is 35.5. The van der Waals surface area contributed by atoms with Crippen LogP contribution in [0.25, 0.3) is 0 Å². The molecule has 186 valence electrons. The van der Waals surface area contributed by atoms with Crippen molar-refractivity contribution in [2.45, 2.75) is 45.3 Å². The lowest BCUT2D eigenvalue weighted by Gasteiger charge is -2.33. The molecule has 2 aromatic carbocycles. The lowest BCUT2D eigenvalue weighted by Crippen LogP contribution is -2.58. The molecular weight excluding hydrogens is 481 g/mol. The van der Waals surface area contributed by atoms with E-state index in [1.807, 2.05) is 0 Å². The van der Waals surface area contributed by atoms with Crippen molar-refractivity contribution in [2.24, 2.45) is 21.9 Å². The molecule has 2 rings (SSSR count). The number of nitrogens with one attached hydrogen (secondary N) is 2. The van der Waals surface area contributed by atoms with Crippen LogP contribution in [0.15, 0.2) is 47.5 Å². The standard InChI is InChI=1S/C22H25ClF5N5O/c1-21(2,3)17(29)16(25)18(30)32-20(31-15-9-8-13(24)10-14(15)23)33-19(34)11-4-6-12(7-5-11)22(26,27)28/h4-10,16-18H,29-30H2,1-3H3,(H2,31,32,33,34). The fraction of sp³-hybridized carbons (Fsp3) is 0.364. The minimum absolute atomic E-state index is 0.0757. The van der Waals surface area contributed by atoms with Crippen LogP contribution in [0.3, 0.4) is 0 Å². The van der Waals surface area contributed by atoms with E-state index in [-0.39, 0.29) is 22.2 Å². The number of carbonyl (C=O) groups is 1. The Hall–Kier alpha value is -2.76. The number of hydrogen-bond acceptors (Lipinski definition) is 3. The van der Waals surface area contributed by atoms with E-state index in [1.165, 1.54) is 6.07 Å². The zero-order valence-electron chi connectivity index (χ0n) is 18.6. The van der Waals surface area contributed by atoms with Crippen LogP contribution >= 0.6 is 11.6 Å². The van der Waals surface area contributed by atoms with Crippen molar-refractivity contribution >= 4 is 29.2 Å². The molecular formula is C22H25ClF5N5O. The molecule has 0 radical (unpaired) electrons. The molecule has 0 saturated heterocycles. The molecule has 12 heteroatoms. The summed E-state index contributed by atoms with van der Waals surface area (Å²) < 4.78 is 66.6. The lowest BCUT2D eigenvalue weighted by atomic mass is 9.84. The molecule has 3 atom stereocenters. The van der Waals surface area contributed by atoms with E-state index in [2.05, 4.69) is 15.6 Å². The Balaban J connectivity index is 2.35. The zero-order valence-corrected chi connectivity index (χ0v) is 19.3. The monoisotopic (exact) mass is 505 g/mol. The molecule has 0 heterocycles. The number of amides is 1. The molecule has 0 fully saturated rings. The number of guanidine groups is 1. The van der Waals surface area contributed by atoms with Gasteiger partial charge < -0.3 is 22.1 Å². The number of hydrogen-bond donors (Lipinski definition) is 4. The van der Waals surface area contributed by atoms with E-state index >= 15 is 0 Å². The molecule has 0 spiro atoms. The van der Waals surface area contributed by atoms with Gasteiger partial charge in [0.25, 0.3) is 5.91 Å². The SMILES string of the molecule is CC(C)(C)C(N)C(F)C(N)N/C(=N\C(=O)c1ccc(C(F)(F)F)cc1)Nc1ccc(F)cc1Cl. The van der Waals surface area contributed by atoms with Gasteiger partial charge in [-0.15, -0.1) is 0 Å². The van der Waals surface area contributed by atoms with Crippen LogP contribution in [0.1, 0.15) is 36.7 Å². The fourth-order valence-electron chi connectivity index (χ4n) is 2.72. The van der Waals surface area contributed by atoms with E-state index < -0.39 is 47.3 Å². The number of alkyl halides is 4. The number of halogens is 6. The van der Waals surface area contributed by atoms with E-state index in [0.29, 0.717) is 0 Å². The number of nitrogens with two attached hydrogens (primary N) is 2. The van der Waals surface area contributed by atoms with Crippen LogP contribution in [0.2, 0.25) is 5.02 Å².